The average molecular weight is 769 g/mol. The molecule has 1 aromatic rings. The summed E-state index contributed by atoms with van der Waals surface area (Å²) in [6.07, 6.45) is -10.1. The summed E-state index contributed by atoms with van der Waals surface area (Å²) in [7, 11) is 0.778. The molecule has 1 saturated carbocycles. The van der Waals surface area contributed by atoms with Gasteiger partial charge in [0.25, 0.3) is 5.60 Å². The molecule has 0 radical (unpaired) electrons. The number of carbonyl (C=O) groups is 4. The minimum absolute atomic E-state index is 0.0432. The van der Waals surface area contributed by atoms with Crippen LogP contribution in [0.4, 0.5) is 13.2 Å². The van der Waals surface area contributed by atoms with E-state index in [1.54, 1.807) is 20.8 Å². The summed E-state index contributed by atoms with van der Waals surface area (Å²) in [4.78, 5) is 52.8. The summed E-state index contributed by atoms with van der Waals surface area (Å²) in [5.74, 6) is -5.86. The van der Waals surface area contributed by atoms with Crippen molar-refractivity contribution in [1.82, 2.24) is 0 Å². The number of methoxy groups -OCH3 is 1. The molecule has 14 heteroatoms. The molecule has 0 aromatic heterocycles. The molecule has 1 aliphatic carbocycles. The molecule has 0 unspecified atom stereocenters. The Morgan fingerprint density at radius 1 is 1.00 bits per heavy atom. The van der Waals surface area contributed by atoms with Crippen molar-refractivity contribution in [3.05, 3.63) is 48.0 Å². The molecule has 54 heavy (non-hydrogen) atoms. The van der Waals surface area contributed by atoms with Gasteiger partial charge in [-0.3, -0.25) is 14.4 Å². The van der Waals surface area contributed by atoms with E-state index in [1.165, 1.54) is 32.0 Å². The van der Waals surface area contributed by atoms with Crippen LogP contribution in [0.5, 0.6) is 0 Å². The summed E-state index contributed by atoms with van der Waals surface area (Å²) in [5.41, 5.74) is -7.16. The molecule has 2 aliphatic heterocycles. The van der Waals surface area contributed by atoms with Gasteiger partial charge in [-0.05, 0) is 57.4 Å². The second-order valence-corrected chi connectivity index (χ2v) is 15.6. The fraction of sp³-hybridized carbons (Fsp3) is 0.700. The Balaban J connectivity index is 1.86. The number of alkyl halides is 3. The van der Waals surface area contributed by atoms with Crippen LogP contribution >= 0.6 is 0 Å². The fourth-order valence-electron chi connectivity index (χ4n) is 8.94. The predicted molar refractivity (Wildman–Crippen MR) is 188 cm³/mol. The van der Waals surface area contributed by atoms with Crippen molar-refractivity contribution < 1.29 is 65.9 Å². The van der Waals surface area contributed by atoms with E-state index >= 15 is 0 Å². The van der Waals surface area contributed by atoms with Gasteiger partial charge in [-0.2, -0.15) is 13.2 Å². The van der Waals surface area contributed by atoms with Crippen LogP contribution in [0.15, 0.2) is 42.5 Å². The zero-order valence-corrected chi connectivity index (χ0v) is 32.4. The van der Waals surface area contributed by atoms with Crippen LogP contribution in [0.25, 0.3) is 0 Å². The number of hydrogen-bond acceptors (Lipinski definition) is 11. The molecular formula is C40H55F3O11. The second-order valence-electron chi connectivity index (χ2n) is 15.6. The minimum Gasteiger partial charge on any atom is -0.458 e. The first-order valence-electron chi connectivity index (χ1n) is 18.7. The molecule has 1 aromatic carbocycles. The summed E-state index contributed by atoms with van der Waals surface area (Å²) in [6, 6.07) is 6.44. The van der Waals surface area contributed by atoms with E-state index in [-0.39, 0.29) is 43.6 Å². The lowest BCUT2D eigenvalue weighted by Crippen LogP contribution is -2.68. The van der Waals surface area contributed by atoms with Crippen LogP contribution in [0, 0.1) is 23.7 Å². The molecule has 11 atom stereocenters. The highest BCUT2D eigenvalue weighted by molar-refractivity contribution is 5.83. The zero-order chi connectivity index (χ0) is 40.4. The number of aliphatic hydroxyl groups is 1. The highest BCUT2D eigenvalue weighted by Gasteiger charge is 2.70. The Bertz CT molecular complexity index is 1530. The number of rotatable bonds is 12. The molecule has 2 saturated heterocycles. The van der Waals surface area contributed by atoms with E-state index in [0.717, 1.165) is 19.2 Å². The standard InChI is InChI=1S/C40H55F3O11/c1-10-15-28(45)53-35-33(50-24(6)44)30(22(3)4)31-32(38(35,8)48)27-21-23(5)26(19-20-37(7,34(31)51-27)54-29(46)16-11-2)52-36(47)39(49-9,40(41,42)43)25-17-13-12-14-18-25/h12-14,17-18,22,26-27,30-35,48H,5,10-11,15-16,19-21H2,1-4,6-9H3/t26-,27+,30+,31+,32+,33-,34+,35+,37+,38-,39+/m0/s1. The molecule has 3 aliphatic rings. The van der Waals surface area contributed by atoms with Crippen molar-refractivity contribution in [2.24, 2.45) is 23.7 Å². The van der Waals surface area contributed by atoms with Crippen molar-refractivity contribution >= 4 is 23.9 Å². The van der Waals surface area contributed by atoms with Crippen molar-refractivity contribution in [2.75, 3.05) is 7.11 Å². The first-order valence-corrected chi connectivity index (χ1v) is 18.7. The summed E-state index contributed by atoms with van der Waals surface area (Å²) in [6.45, 7) is 15.9. The first kappa shape index (κ1) is 43.2. The Hall–Kier alpha value is -3.49. The lowest BCUT2D eigenvalue weighted by molar-refractivity contribution is -0.278. The first-order chi connectivity index (χ1) is 25.2. The topological polar surface area (TPSA) is 144 Å². The van der Waals surface area contributed by atoms with E-state index in [2.05, 4.69) is 6.58 Å². The summed E-state index contributed by atoms with van der Waals surface area (Å²) in [5, 5.41) is 12.6. The van der Waals surface area contributed by atoms with Crippen LogP contribution < -0.4 is 0 Å². The Labute approximate surface area is 315 Å². The molecule has 4 rings (SSSR count). The highest BCUT2D eigenvalue weighted by Crippen LogP contribution is 2.59. The van der Waals surface area contributed by atoms with Crippen molar-refractivity contribution in [1.29, 1.82) is 0 Å². The van der Waals surface area contributed by atoms with Gasteiger partial charge in [0, 0.05) is 50.2 Å². The van der Waals surface area contributed by atoms with Gasteiger partial charge in [0.2, 0.25) is 0 Å². The van der Waals surface area contributed by atoms with E-state index < -0.39 is 101 Å². The van der Waals surface area contributed by atoms with Crippen molar-refractivity contribution in [3.8, 4) is 0 Å². The smallest absolute Gasteiger partial charge is 0.432 e. The van der Waals surface area contributed by atoms with Gasteiger partial charge in [0.1, 0.15) is 29.5 Å². The number of fused-ring (bicyclic) bond motifs is 5. The number of hydrogen-bond donors (Lipinski definition) is 1. The Morgan fingerprint density at radius 3 is 2.15 bits per heavy atom. The highest BCUT2D eigenvalue weighted by atomic mass is 19.4. The van der Waals surface area contributed by atoms with Gasteiger partial charge in [-0.25, -0.2) is 4.79 Å². The molecule has 1 N–H and O–H groups in total. The van der Waals surface area contributed by atoms with E-state index in [0.29, 0.717) is 12.8 Å². The number of carbonyl (C=O) groups excluding carboxylic acids is 4. The molecule has 2 bridgehead atoms. The molecule has 11 nitrogen and oxygen atoms in total. The normalized spacial score (nSPS) is 33.7. The lowest BCUT2D eigenvalue weighted by Gasteiger charge is -2.55. The average Bonchev–Trinajstić information content (AvgIpc) is 3.46. The number of esters is 4. The number of halogens is 3. The summed E-state index contributed by atoms with van der Waals surface area (Å²) < 4.78 is 80.2. The Kier molecular flexibility index (Phi) is 13.4. The van der Waals surface area contributed by atoms with E-state index in [9.17, 15) is 37.5 Å². The van der Waals surface area contributed by atoms with Crippen molar-refractivity contribution in [3.63, 3.8) is 0 Å². The Morgan fingerprint density at radius 2 is 1.61 bits per heavy atom. The van der Waals surface area contributed by atoms with Crippen LogP contribution in [0.3, 0.4) is 0 Å². The fourth-order valence-corrected chi connectivity index (χ4v) is 8.94. The van der Waals surface area contributed by atoms with Gasteiger partial charge >= 0.3 is 30.1 Å². The molecule has 302 valence electrons. The predicted octanol–water partition coefficient (Wildman–Crippen LogP) is 6.52. The summed E-state index contributed by atoms with van der Waals surface area (Å²) >= 11 is 0. The molecule has 3 fully saturated rings. The van der Waals surface area contributed by atoms with Gasteiger partial charge in [-0.15, -0.1) is 0 Å². The van der Waals surface area contributed by atoms with E-state index in [4.69, 9.17) is 28.4 Å². The molecule has 0 spiro atoms. The van der Waals surface area contributed by atoms with Gasteiger partial charge in [0.05, 0.1) is 6.10 Å². The van der Waals surface area contributed by atoms with Crippen LogP contribution in [0.1, 0.15) is 99.0 Å². The van der Waals surface area contributed by atoms with Gasteiger partial charge in [0.15, 0.2) is 6.10 Å². The number of benzene rings is 1. The third-order valence-corrected chi connectivity index (χ3v) is 11.3. The van der Waals surface area contributed by atoms with Gasteiger partial charge < -0.3 is 33.5 Å². The monoisotopic (exact) mass is 768 g/mol. The maximum absolute atomic E-state index is 14.9. The van der Waals surface area contributed by atoms with Crippen LogP contribution in [-0.4, -0.2) is 84.0 Å². The SMILES string of the molecule is C=C1C[C@H]2O[C@H]([C@@H]3[C@@H](C(C)C)[C@H](OC(C)=O)[C@@H](OC(=O)CCC)[C@@](C)(O)[C@@H]32)[C@](C)(OC(=O)CCC)CC[C@@H]1OC(=O)[C@](OC)(c1ccccc1)C(F)(F)F. The zero-order valence-electron chi connectivity index (χ0n) is 32.4. The number of ether oxygens (including phenoxy) is 6. The maximum Gasteiger partial charge on any atom is 0.432 e. The lowest BCUT2D eigenvalue weighted by atomic mass is 9.55. The van der Waals surface area contributed by atoms with Crippen LogP contribution in [-0.2, 0) is 53.2 Å². The third kappa shape index (κ3) is 8.21. The largest absolute Gasteiger partial charge is 0.458 e. The van der Waals surface area contributed by atoms with Crippen LogP contribution in [0.2, 0.25) is 0 Å². The second kappa shape index (κ2) is 16.7. The molecular weight excluding hydrogens is 713 g/mol. The molecule has 0 amide bonds. The maximum atomic E-state index is 14.9. The quantitative estimate of drug-likeness (QED) is 0.141. The minimum atomic E-state index is -5.23. The van der Waals surface area contributed by atoms with E-state index in [1.807, 2.05) is 13.8 Å². The third-order valence-electron chi connectivity index (χ3n) is 11.3. The molecule has 2 heterocycles. The van der Waals surface area contributed by atoms with Crippen molar-refractivity contribution in [2.45, 2.75) is 147 Å². The van der Waals surface area contributed by atoms with Gasteiger partial charge in [-0.1, -0.05) is 64.6 Å².